The Morgan fingerprint density at radius 1 is 1.08 bits per heavy atom. The van der Waals surface area contributed by atoms with Crippen molar-refractivity contribution in [2.75, 3.05) is 13.1 Å². The largest absolute Gasteiger partial charge is 0.348 e. The second-order valence-electron chi connectivity index (χ2n) is 9.08. The van der Waals surface area contributed by atoms with Crippen LogP contribution in [0.15, 0.2) is 53.9 Å². The van der Waals surface area contributed by atoms with Crippen molar-refractivity contribution >= 4 is 29.1 Å². The molecule has 3 amide bonds. The summed E-state index contributed by atoms with van der Waals surface area (Å²) in [6.45, 7) is 1.09. The first-order chi connectivity index (χ1) is 18.1. The monoisotopic (exact) mass is 537 g/mol. The lowest BCUT2D eigenvalue weighted by Crippen LogP contribution is -2.43. The summed E-state index contributed by atoms with van der Waals surface area (Å²) in [5.74, 6) is -4.66. The van der Waals surface area contributed by atoms with E-state index >= 15 is 0 Å². The summed E-state index contributed by atoms with van der Waals surface area (Å²) in [7, 11) is 0. The molecular weight excluding hydrogens is 512 g/mol. The number of nitrogens with zero attached hydrogens (tertiary/aromatic N) is 3. The zero-order valence-electron chi connectivity index (χ0n) is 20.5. The van der Waals surface area contributed by atoms with Crippen LogP contribution < -0.4 is 10.6 Å². The third-order valence-electron chi connectivity index (χ3n) is 6.07. The van der Waals surface area contributed by atoms with Crippen molar-refractivity contribution in [2.24, 2.45) is 0 Å². The SMILES string of the molecule is Cc1ccc(CNC(=O)c2ccc(Cc3nc(C(=O)NCC(=O)N4CC(F)(F)C[C@H]4C#N)cs3)cc2)cc1. The minimum absolute atomic E-state index is 0.105. The van der Waals surface area contributed by atoms with Crippen molar-refractivity contribution < 1.29 is 23.2 Å². The van der Waals surface area contributed by atoms with Crippen molar-refractivity contribution in [3.8, 4) is 6.07 Å². The number of nitrogens with one attached hydrogen (secondary N) is 2. The highest BCUT2D eigenvalue weighted by Crippen LogP contribution is 2.31. The molecule has 1 aromatic heterocycles. The number of likely N-dealkylation sites (tertiary alicyclic amines) is 1. The molecular formula is C27H25F2N5O3S. The molecule has 4 rings (SSSR count). The van der Waals surface area contributed by atoms with Gasteiger partial charge in [0, 0.05) is 30.3 Å². The van der Waals surface area contributed by atoms with Gasteiger partial charge in [-0.2, -0.15) is 5.26 Å². The van der Waals surface area contributed by atoms with Gasteiger partial charge in [-0.25, -0.2) is 13.8 Å². The lowest BCUT2D eigenvalue weighted by atomic mass is 10.1. The maximum Gasteiger partial charge on any atom is 0.271 e. The molecule has 3 aromatic rings. The second-order valence-corrected chi connectivity index (χ2v) is 10.0. The predicted molar refractivity (Wildman–Crippen MR) is 137 cm³/mol. The van der Waals surface area contributed by atoms with E-state index in [0.717, 1.165) is 21.6 Å². The van der Waals surface area contributed by atoms with Gasteiger partial charge in [0.15, 0.2) is 0 Å². The summed E-state index contributed by atoms with van der Waals surface area (Å²) >= 11 is 1.26. The second kappa shape index (κ2) is 11.5. The van der Waals surface area contributed by atoms with Gasteiger partial charge in [-0.05, 0) is 30.2 Å². The van der Waals surface area contributed by atoms with Crippen LogP contribution in [0, 0.1) is 18.3 Å². The van der Waals surface area contributed by atoms with Gasteiger partial charge in [0.05, 0.1) is 24.2 Å². The molecule has 0 saturated carbocycles. The average molecular weight is 538 g/mol. The summed E-state index contributed by atoms with van der Waals surface area (Å²) in [4.78, 5) is 42.2. The van der Waals surface area contributed by atoms with E-state index in [1.807, 2.05) is 43.3 Å². The van der Waals surface area contributed by atoms with Gasteiger partial charge in [0.1, 0.15) is 11.7 Å². The van der Waals surface area contributed by atoms with Crippen LogP contribution >= 0.6 is 11.3 Å². The van der Waals surface area contributed by atoms with Gasteiger partial charge in [0.25, 0.3) is 17.7 Å². The number of hydrogen-bond donors (Lipinski definition) is 2. The molecule has 2 N–H and O–H groups in total. The van der Waals surface area contributed by atoms with E-state index in [2.05, 4.69) is 15.6 Å². The zero-order valence-corrected chi connectivity index (χ0v) is 21.4. The highest BCUT2D eigenvalue weighted by molar-refractivity contribution is 7.09. The Kier molecular flexibility index (Phi) is 8.12. The Morgan fingerprint density at radius 2 is 1.76 bits per heavy atom. The fraction of sp³-hybridized carbons (Fsp3) is 0.296. The number of nitriles is 1. The summed E-state index contributed by atoms with van der Waals surface area (Å²) in [6.07, 6.45) is -0.271. The molecule has 2 aromatic carbocycles. The first kappa shape index (κ1) is 26.9. The van der Waals surface area contributed by atoms with E-state index in [1.54, 1.807) is 23.6 Å². The molecule has 1 aliphatic heterocycles. The first-order valence-electron chi connectivity index (χ1n) is 11.9. The Bertz CT molecular complexity index is 1370. The van der Waals surface area contributed by atoms with Crippen molar-refractivity contribution in [1.29, 1.82) is 5.26 Å². The smallest absolute Gasteiger partial charge is 0.271 e. The molecule has 1 atom stereocenters. The van der Waals surface area contributed by atoms with E-state index in [-0.39, 0.29) is 11.6 Å². The molecule has 8 nitrogen and oxygen atoms in total. The molecule has 0 unspecified atom stereocenters. The number of halogens is 2. The van der Waals surface area contributed by atoms with Crippen LogP contribution in [0.25, 0.3) is 0 Å². The van der Waals surface area contributed by atoms with E-state index in [4.69, 9.17) is 5.26 Å². The topological polar surface area (TPSA) is 115 Å². The van der Waals surface area contributed by atoms with Crippen LogP contribution in [-0.4, -0.2) is 52.7 Å². The lowest BCUT2D eigenvalue weighted by molar-refractivity contribution is -0.131. The van der Waals surface area contributed by atoms with Gasteiger partial charge >= 0.3 is 0 Å². The van der Waals surface area contributed by atoms with Gasteiger partial charge in [-0.15, -0.1) is 11.3 Å². The van der Waals surface area contributed by atoms with E-state index in [0.29, 0.717) is 23.5 Å². The Morgan fingerprint density at radius 3 is 2.45 bits per heavy atom. The normalized spacial score (nSPS) is 16.1. The summed E-state index contributed by atoms with van der Waals surface area (Å²) < 4.78 is 27.1. The molecule has 0 bridgehead atoms. The van der Waals surface area contributed by atoms with Crippen LogP contribution in [-0.2, 0) is 17.8 Å². The summed E-state index contributed by atoms with van der Waals surface area (Å²) in [5, 5.41) is 16.5. The number of amides is 3. The van der Waals surface area contributed by atoms with Crippen LogP contribution in [0.2, 0.25) is 0 Å². The fourth-order valence-electron chi connectivity index (χ4n) is 3.98. The average Bonchev–Trinajstić information content (AvgIpc) is 3.50. The molecule has 1 saturated heterocycles. The summed E-state index contributed by atoms with van der Waals surface area (Å²) in [6, 6.07) is 15.5. The molecule has 1 fully saturated rings. The number of carbonyl (C=O) groups is 3. The van der Waals surface area contributed by atoms with Gasteiger partial charge in [-0.3, -0.25) is 14.4 Å². The van der Waals surface area contributed by atoms with Crippen molar-refractivity contribution in [1.82, 2.24) is 20.5 Å². The van der Waals surface area contributed by atoms with Crippen LogP contribution in [0.1, 0.15) is 49.0 Å². The number of aromatic nitrogens is 1. The number of alkyl halides is 2. The van der Waals surface area contributed by atoms with Gasteiger partial charge < -0.3 is 15.5 Å². The van der Waals surface area contributed by atoms with Crippen molar-refractivity contribution in [3.05, 3.63) is 86.9 Å². The molecule has 0 aliphatic carbocycles. The Labute approximate surface area is 222 Å². The minimum Gasteiger partial charge on any atom is -0.348 e. The number of rotatable bonds is 8. The van der Waals surface area contributed by atoms with E-state index < -0.39 is 43.3 Å². The third kappa shape index (κ3) is 6.77. The molecule has 196 valence electrons. The lowest BCUT2D eigenvalue weighted by Gasteiger charge is -2.19. The quantitative estimate of drug-likeness (QED) is 0.457. The van der Waals surface area contributed by atoms with Gasteiger partial charge in [0.2, 0.25) is 5.91 Å². The minimum atomic E-state index is -3.12. The number of aryl methyl sites for hydroxylation is 1. The summed E-state index contributed by atoms with van der Waals surface area (Å²) in [5.41, 5.74) is 3.69. The number of carbonyl (C=O) groups excluding carboxylic acids is 3. The standard InChI is InChI=1S/C27H25F2N5O3S/c1-17-2-4-19(5-3-17)13-31-25(36)20-8-6-18(7-9-20)10-23-33-22(15-38-23)26(37)32-14-24(35)34-16-27(28,29)11-21(34)12-30/h2-9,15,21H,10-11,13-14,16H2,1H3,(H,31,36)(H,32,37)/t21-/m0/s1. The highest BCUT2D eigenvalue weighted by Gasteiger charge is 2.47. The predicted octanol–water partition coefficient (Wildman–Crippen LogP) is 3.46. The zero-order chi connectivity index (χ0) is 27.3. The van der Waals surface area contributed by atoms with Crippen LogP contribution in [0.5, 0.6) is 0 Å². The number of thiazole rings is 1. The highest BCUT2D eigenvalue weighted by atomic mass is 32.1. The van der Waals surface area contributed by atoms with Gasteiger partial charge in [-0.1, -0.05) is 42.0 Å². The molecule has 0 radical (unpaired) electrons. The molecule has 11 heteroatoms. The maximum absolute atomic E-state index is 13.5. The molecule has 1 aliphatic rings. The van der Waals surface area contributed by atoms with E-state index in [9.17, 15) is 23.2 Å². The Balaban J connectivity index is 1.26. The number of hydrogen-bond acceptors (Lipinski definition) is 6. The van der Waals surface area contributed by atoms with Crippen molar-refractivity contribution in [3.63, 3.8) is 0 Å². The van der Waals surface area contributed by atoms with E-state index in [1.165, 1.54) is 11.3 Å². The number of benzene rings is 2. The third-order valence-corrected chi connectivity index (χ3v) is 6.92. The Hall–Kier alpha value is -4.17. The molecule has 0 spiro atoms. The first-order valence-corrected chi connectivity index (χ1v) is 12.7. The maximum atomic E-state index is 13.5. The van der Waals surface area contributed by atoms with Crippen molar-refractivity contribution in [2.45, 2.75) is 38.3 Å². The molecule has 2 heterocycles. The van der Waals surface area contributed by atoms with Crippen LogP contribution in [0.4, 0.5) is 8.78 Å². The molecule has 38 heavy (non-hydrogen) atoms. The fourth-order valence-corrected chi connectivity index (χ4v) is 4.79. The van der Waals surface area contributed by atoms with Crippen LogP contribution in [0.3, 0.4) is 0 Å².